The molecule has 5 heteroatoms. The molecule has 0 heterocycles. The fourth-order valence-electron chi connectivity index (χ4n) is 5.23. The Bertz CT molecular complexity index is 518. The van der Waals surface area contributed by atoms with E-state index >= 15 is 0 Å². The second kappa shape index (κ2) is 13.1. The van der Waals surface area contributed by atoms with Crippen LogP contribution in [0.25, 0.3) is 0 Å². The van der Waals surface area contributed by atoms with Crippen LogP contribution in [0.3, 0.4) is 0 Å². The zero-order valence-electron chi connectivity index (χ0n) is 17.9. The summed E-state index contributed by atoms with van der Waals surface area (Å²) in [5, 5.41) is -0.628. The summed E-state index contributed by atoms with van der Waals surface area (Å²) in [4.78, 5) is 0. The molecule has 152 valence electrons. The monoisotopic (exact) mass is 406 g/mol. The standard InChI is InChI=1S/C22H40O3S.Na/c1-3-19(21-12-8-5-9-13-21)11-7-4-6-10-18(2)20-14-16-22(17-15-20)26(23,24)25;/h4,7,18-22H,3,5-6,8-17H2,1-2H3,(H,23,24,25);/q;+1/p-1. The van der Waals surface area contributed by atoms with Gasteiger partial charge >= 0.3 is 29.6 Å². The van der Waals surface area contributed by atoms with E-state index in [1.165, 1.54) is 51.4 Å². The molecule has 0 aromatic rings. The Kier molecular flexibility index (Phi) is 12.4. The van der Waals surface area contributed by atoms with Gasteiger partial charge in [0.15, 0.2) is 0 Å². The van der Waals surface area contributed by atoms with Crippen molar-refractivity contribution in [2.45, 2.75) is 103 Å². The zero-order valence-corrected chi connectivity index (χ0v) is 20.7. The van der Waals surface area contributed by atoms with Gasteiger partial charge in [-0.3, -0.25) is 0 Å². The average molecular weight is 407 g/mol. The Morgan fingerprint density at radius 2 is 1.59 bits per heavy atom. The molecule has 2 unspecified atom stereocenters. The summed E-state index contributed by atoms with van der Waals surface area (Å²) in [7, 11) is -4.08. The third-order valence-corrected chi connectivity index (χ3v) is 8.45. The molecule has 2 atom stereocenters. The molecule has 0 radical (unpaired) electrons. The molecule has 2 fully saturated rings. The molecule has 2 aliphatic carbocycles. The molecule has 0 aliphatic heterocycles. The number of hydrogen-bond donors (Lipinski definition) is 0. The second-order valence-electron chi connectivity index (χ2n) is 8.86. The summed E-state index contributed by atoms with van der Waals surface area (Å²) in [6.07, 6.45) is 19.7. The summed E-state index contributed by atoms with van der Waals surface area (Å²) >= 11 is 0. The van der Waals surface area contributed by atoms with Crippen LogP contribution in [0.2, 0.25) is 0 Å². The molecule has 0 amide bonds. The third-order valence-electron chi connectivity index (χ3n) is 7.17. The maximum atomic E-state index is 11.1. The quantitative estimate of drug-likeness (QED) is 0.336. The molecule has 2 aliphatic rings. The largest absolute Gasteiger partial charge is 1.00 e. The SMILES string of the molecule is CCC(CC=CCCC(C)C1CCC(S(=O)(=O)[O-])CC1)C1CCCCC1.[Na+]. The van der Waals surface area contributed by atoms with Crippen LogP contribution < -0.4 is 29.6 Å². The van der Waals surface area contributed by atoms with Crippen LogP contribution in [-0.2, 0) is 10.1 Å². The van der Waals surface area contributed by atoms with Crippen LogP contribution in [-0.4, -0.2) is 18.2 Å². The minimum atomic E-state index is -4.08. The molecule has 2 saturated carbocycles. The maximum Gasteiger partial charge on any atom is 1.00 e. The maximum absolute atomic E-state index is 11.1. The van der Waals surface area contributed by atoms with E-state index in [0.29, 0.717) is 24.7 Å². The van der Waals surface area contributed by atoms with Gasteiger partial charge < -0.3 is 4.55 Å². The topological polar surface area (TPSA) is 57.2 Å². The van der Waals surface area contributed by atoms with Crippen molar-refractivity contribution in [3.05, 3.63) is 12.2 Å². The molecule has 0 aromatic carbocycles. The van der Waals surface area contributed by atoms with E-state index in [4.69, 9.17) is 0 Å². The van der Waals surface area contributed by atoms with E-state index in [9.17, 15) is 13.0 Å². The summed E-state index contributed by atoms with van der Waals surface area (Å²) < 4.78 is 33.4. The Morgan fingerprint density at radius 3 is 2.15 bits per heavy atom. The van der Waals surface area contributed by atoms with Crippen molar-refractivity contribution in [3.63, 3.8) is 0 Å². The van der Waals surface area contributed by atoms with Gasteiger partial charge in [-0.05, 0) is 68.6 Å². The first kappa shape index (κ1) is 25.7. The van der Waals surface area contributed by atoms with Gasteiger partial charge in [0, 0.05) is 5.25 Å². The zero-order chi connectivity index (χ0) is 19.0. The van der Waals surface area contributed by atoms with Gasteiger partial charge in [-0.1, -0.05) is 64.5 Å². The normalized spacial score (nSPS) is 27.2. The van der Waals surface area contributed by atoms with Gasteiger partial charge in [0.05, 0.1) is 10.1 Å². The molecule has 0 spiro atoms. The Labute approximate surface area is 190 Å². The van der Waals surface area contributed by atoms with Gasteiger partial charge in [0.2, 0.25) is 0 Å². The molecule has 0 aromatic heterocycles. The van der Waals surface area contributed by atoms with Crippen molar-refractivity contribution in [1.82, 2.24) is 0 Å². The molecular formula is C22H39NaO3S. The van der Waals surface area contributed by atoms with E-state index < -0.39 is 15.4 Å². The average Bonchev–Trinajstić information content (AvgIpc) is 2.64. The van der Waals surface area contributed by atoms with Crippen molar-refractivity contribution in [1.29, 1.82) is 0 Å². The molecule has 0 bridgehead atoms. The van der Waals surface area contributed by atoms with Crippen LogP contribution in [0.4, 0.5) is 0 Å². The summed E-state index contributed by atoms with van der Waals surface area (Å²) in [6.45, 7) is 4.63. The first-order valence-corrected chi connectivity index (χ1v) is 12.5. The fraction of sp³-hybridized carbons (Fsp3) is 0.909. The molecule has 0 saturated heterocycles. The fourth-order valence-corrected chi connectivity index (χ4v) is 6.08. The van der Waals surface area contributed by atoms with Crippen molar-refractivity contribution in [2.75, 3.05) is 0 Å². The predicted molar refractivity (Wildman–Crippen MR) is 108 cm³/mol. The van der Waals surface area contributed by atoms with Crippen molar-refractivity contribution in [3.8, 4) is 0 Å². The first-order valence-electron chi connectivity index (χ1n) is 11.0. The molecule has 0 N–H and O–H groups in total. The predicted octanol–water partition coefficient (Wildman–Crippen LogP) is 3.06. The van der Waals surface area contributed by atoms with Crippen LogP contribution in [0.5, 0.6) is 0 Å². The van der Waals surface area contributed by atoms with Crippen LogP contribution in [0, 0.1) is 23.7 Å². The van der Waals surface area contributed by atoms with Crippen LogP contribution >= 0.6 is 0 Å². The Hall–Kier alpha value is 0.650. The molecular weight excluding hydrogens is 367 g/mol. The number of hydrogen-bond acceptors (Lipinski definition) is 3. The van der Waals surface area contributed by atoms with E-state index in [1.54, 1.807) is 0 Å². The smallest absolute Gasteiger partial charge is 0.748 e. The van der Waals surface area contributed by atoms with E-state index in [0.717, 1.165) is 31.1 Å². The van der Waals surface area contributed by atoms with Crippen molar-refractivity contribution < 1.29 is 42.5 Å². The van der Waals surface area contributed by atoms with Crippen molar-refractivity contribution in [2.24, 2.45) is 23.7 Å². The summed E-state index contributed by atoms with van der Waals surface area (Å²) in [6, 6.07) is 0. The minimum Gasteiger partial charge on any atom is -0.748 e. The molecule has 2 rings (SSSR count). The third kappa shape index (κ3) is 8.90. The Morgan fingerprint density at radius 1 is 0.963 bits per heavy atom. The van der Waals surface area contributed by atoms with E-state index in [2.05, 4.69) is 26.0 Å². The number of rotatable bonds is 9. The van der Waals surface area contributed by atoms with E-state index in [-0.39, 0.29) is 29.6 Å². The van der Waals surface area contributed by atoms with Gasteiger partial charge in [-0.25, -0.2) is 8.42 Å². The summed E-state index contributed by atoms with van der Waals surface area (Å²) in [5.74, 6) is 3.03. The molecule has 27 heavy (non-hydrogen) atoms. The Balaban J connectivity index is 0.00000364. The number of allylic oxidation sites excluding steroid dienone is 2. The first-order chi connectivity index (χ1) is 12.4. The van der Waals surface area contributed by atoms with E-state index in [1.807, 2.05) is 0 Å². The van der Waals surface area contributed by atoms with Gasteiger partial charge in [-0.15, -0.1) is 0 Å². The second-order valence-corrected chi connectivity index (χ2v) is 10.5. The summed E-state index contributed by atoms with van der Waals surface area (Å²) in [5.41, 5.74) is 0. The van der Waals surface area contributed by atoms with Gasteiger partial charge in [0.25, 0.3) is 0 Å². The minimum absolute atomic E-state index is 0. The van der Waals surface area contributed by atoms with Crippen molar-refractivity contribution >= 4 is 10.1 Å². The van der Waals surface area contributed by atoms with Crippen LogP contribution in [0.1, 0.15) is 97.3 Å². The van der Waals surface area contributed by atoms with Gasteiger partial charge in [0.1, 0.15) is 0 Å². The molecule has 3 nitrogen and oxygen atoms in total. The van der Waals surface area contributed by atoms with Gasteiger partial charge in [-0.2, -0.15) is 0 Å². The van der Waals surface area contributed by atoms with Crippen LogP contribution in [0.15, 0.2) is 12.2 Å².